The van der Waals surface area contributed by atoms with Crippen molar-refractivity contribution in [1.29, 1.82) is 0 Å². The van der Waals surface area contributed by atoms with E-state index in [-0.39, 0.29) is 5.56 Å². The van der Waals surface area contributed by atoms with E-state index in [1.807, 2.05) is 66.3 Å². The van der Waals surface area contributed by atoms with E-state index in [0.29, 0.717) is 39.2 Å². The Morgan fingerprint density at radius 1 is 1.00 bits per heavy atom. The topological polar surface area (TPSA) is 101 Å². The van der Waals surface area contributed by atoms with Crippen LogP contribution in [0.15, 0.2) is 83.8 Å². The van der Waals surface area contributed by atoms with Crippen molar-refractivity contribution in [3.8, 4) is 39.8 Å². The number of ether oxygens (including phenoxy) is 2. The van der Waals surface area contributed by atoms with Crippen LogP contribution in [-0.2, 0) is 4.79 Å². The van der Waals surface area contributed by atoms with Crippen molar-refractivity contribution in [2.45, 2.75) is 27.7 Å². The van der Waals surface area contributed by atoms with Crippen LogP contribution >= 0.6 is 11.3 Å². The van der Waals surface area contributed by atoms with Crippen LogP contribution in [0.4, 0.5) is 0 Å². The van der Waals surface area contributed by atoms with Crippen molar-refractivity contribution in [2.24, 2.45) is 5.92 Å². The smallest absolute Gasteiger partial charge is 0.308 e. The molecule has 9 nitrogen and oxygen atoms in total. The third-order valence-corrected chi connectivity index (χ3v) is 7.59. The van der Waals surface area contributed by atoms with Gasteiger partial charge in [-0.3, -0.25) is 9.59 Å². The second-order valence-corrected chi connectivity index (χ2v) is 11.5. The van der Waals surface area contributed by atoms with Gasteiger partial charge in [-0.05, 0) is 66.9 Å². The molecule has 0 saturated heterocycles. The molecule has 0 aliphatic carbocycles. The van der Waals surface area contributed by atoms with Crippen LogP contribution in [0.5, 0.6) is 11.5 Å². The Morgan fingerprint density at radius 2 is 1.77 bits per heavy atom. The minimum absolute atomic E-state index is 0.296. The highest BCUT2D eigenvalue weighted by atomic mass is 32.1. The number of aryl methyl sites for hydroxylation is 1. The van der Waals surface area contributed by atoms with Gasteiger partial charge in [-0.15, -0.1) is 5.10 Å². The molecule has 0 saturated carbocycles. The summed E-state index contributed by atoms with van der Waals surface area (Å²) in [7, 11) is 0. The molecule has 0 aliphatic rings. The molecule has 0 amide bonds. The maximum absolute atomic E-state index is 13.5. The molecule has 0 unspecified atom stereocenters. The zero-order valence-electron chi connectivity index (χ0n) is 24.1. The van der Waals surface area contributed by atoms with Crippen LogP contribution in [0, 0.1) is 12.8 Å². The van der Waals surface area contributed by atoms with Gasteiger partial charge in [-0.2, -0.15) is 14.6 Å². The van der Waals surface area contributed by atoms with Crippen molar-refractivity contribution in [3.63, 3.8) is 0 Å². The molecule has 10 heteroatoms. The lowest BCUT2D eigenvalue weighted by molar-refractivity contribution is -0.131. The van der Waals surface area contributed by atoms with Crippen LogP contribution in [-0.4, -0.2) is 37.0 Å². The van der Waals surface area contributed by atoms with Gasteiger partial charge in [0.1, 0.15) is 17.2 Å². The second-order valence-electron chi connectivity index (χ2n) is 10.5. The summed E-state index contributed by atoms with van der Waals surface area (Å²) in [5, 5.41) is 9.37. The Morgan fingerprint density at radius 3 is 2.49 bits per heavy atom. The summed E-state index contributed by atoms with van der Waals surface area (Å²) in [6.07, 6.45) is 3.75. The number of rotatable bonds is 8. The average Bonchev–Trinajstić information content (AvgIpc) is 3.68. The summed E-state index contributed by atoms with van der Waals surface area (Å²) < 4.78 is 14.9. The molecule has 0 fully saturated rings. The van der Waals surface area contributed by atoms with E-state index in [9.17, 15) is 9.59 Å². The third kappa shape index (κ3) is 5.82. The normalized spacial score (nSPS) is 11.9. The van der Waals surface area contributed by atoms with Gasteiger partial charge in [0, 0.05) is 24.2 Å². The van der Waals surface area contributed by atoms with Crippen molar-refractivity contribution in [3.05, 3.63) is 105 Å². The number of hydrogen-bond donors (Lipinski definition) is 0. The summed E-state index contributed by atoms with van der Waals surface area (Å²) in [6, 6.07) is 22.8. The van der Waals surface area contributed by atoms with E-state index < -0.39 is 5.97 Å². The van der Waals surface area contributed by atoms with Crippen molar-refractivity contribution in [1.82, 2.24) is 24.4 Å². The van der Waals surface area contributed by atoms with Crippen LogP contribution < -0.4 is 19.6 Å². The maximum atomic E-state index is 13.5. The first-order chi connectivity index (χ1) is 20.8. The van der Waals surface area contributed by atoms with Gasteiger partial charge in [0.05, 0.1) is 22.4 Å². The summed E-state index contributed by atoms with van der Waals surface area (Å²) >= 11 is 1.23. The van der Waals surface area contributed by atoms with Gasteiger partial charge in [-0.1, -0.05) is 55.5 Å². The van der Waals surface area contributed by atoms with Crippen LogP contribution in [0.25, 0.3) is 39.4 Å². The zero-order chi connectivity index (χ0) is 30.1. The van der Waals surface area contributed by atoms with E-state index >= 15 is 0 Å². The first kappa shape index (κ1) is 28.0. The Hall–Kier alpha value is -5.09. The number of carbonyl (C=O) groups is 1. The molecule has 3 aromatic carbocycles. The first-order valence-corrected chi connectivity index (χ1v) is 14.7. The monoisotopic (exact) mass is 591 g/mol. The quantitative estimate of drug-likeness (QED) is 0.171. The van der Waals surface area contributed by atoms with Crippen LogP contribution in [0.1, 0.15) is 31.9 Å². The van der Waals surface area contributed by atoms with Crippen molar-refractivity contribution in [2.75, 3.05) is 6.61 Å². The molecule has 216 valence electrons. The highest BCUT2D eigenvalue weighted by Gasteiger charge is 2.18. The van der Waals surface area contributed by atoms with E-state index in [1.54, 1.807) is 24.3 Å². The number of thiazole rings is 1. The Kier molecular flexibility index (Phi) is 7.60. The van der Waals surface area contributed by atoms with Gasteiger partial charge in [0.15, 0.2) is 5.82 Å². The van der Waals surface area contributed by atoms with E-state index in [0.717, 1.165) is 33.8 Å². The average molecular weight is 592 g/mol. The van der Waals surface area contributed by atoms with Gasteiger partial charge < -0.3 is 9.47 Å². The fourth-order valence-electron chi connectivity index (χ4n) is 4.63. The highest BCUT2D eigenvalue weighted by molar-refractivity contribution is 7.15. The minimum Gasteiger partial charge on any atom is -0.493 e. The molecule has 6 aromatic rings. The van der Waals surface area contributed by atoms with Gasteiger partial charge in [0.25, 0.3) is 5.56 Å². The molecule has 0 spiro atoms. The molecule has 3 aromatic heterocycles. The summed E-state index contributed by atoms with van der Waals surface area (Å²) in [5.74, 6) is 1.45. The molecule has 0 N–H and O–H groups in total. The maximum Gasteiger partial charge on any atom is 0.308 e. The Labute approximate surface area is 251 Å². The first-order valence-electron chi connectivity index (χ1n) is 13.8. The van der Waals surface area contributed by atoms with Gasteiger partial charge >= 0.3 is 5.97 Å². The van der Waals surface area contributed by atoms with Gasteiger partial charge in [0.2, 0.25) is 4.96 Å². The zero-order valence-corrected chi connectivity index (χ0v) is 25.0. The summed E-state index contributed by atoms with van der Waals surface area (Å²) in [5.41, 5.74) is 4.56. The molecule has 0 bridgehead atoms. The van der Waals surface area contributed by atoms with Crippen LogP contribution in [0.3, 0.4) is 0 Å². The highest BCUT2D eigenvalue weighted by Crippen LogP contribution is 2.30. The van der Waals surface area contributed by atoms with Gasteiger partial charge in [-0.25, -0.2) is 4.68 Å². The second kappa shape index (κ2) is 11.7. The molecule has 0 atom stereocenters. The van der Waals surface area contributed by atoms with Crippen molar-refractivity contribution < 1.29 is 14.3 Å². The molecular weight excluding hydrogens is 562 g/mol. The largest absolute Gasteiger partial charge is 0.493 e. The number of para-hydroxylation sites is 2. The molecular formula is C33H29N5O4S. The van der Waals surface area contributed by atoms with E-state index in [4.69, 9.17) is 14.6 Å². The number of aromatic nitrogens is 5. The fraction of sp³-hybridized carbons (Fsp3) is 0.182. The van der Waals surface area contributed by atoms with E-state index in [1.165, 1.54) is 22.8 Å². The Balaban J connectivity index is 1.43. The molecule has 3 heterocycles. The van der Waals surface area contributed by atoms with Crippen LogP contribution in [0.2, 0.25) is 0 Å². The Bertz CT molecular complexity index is 2060. The predicted octanol–water partition coefficient (Wildman–Crippen LogP) is 5.49. The molecule has 43 heavy (non-hydrogen) atoms. The van der Waals surface area contributed by atoms with E-state index in [2.05, 4.69) is 30.0 Å². The SMILES string of the molecule is CC(=O)Oc1ccccc1-c1nc2s/c(=C\c3cn(-c4ccccc4)nc3-c3ccc(OCC(C)C)c(C)c3)c(=O)n2n1. The lowest BCUT2D eigenvalue weighted by Gasteiger charge is -2.12. The molecule has 6 rings (SSSR count). The number of fused-ring (bicyclic) bond motifs is 1. The predicted molar refractivity (Wildman–Crippen MR) is 167 cm³/mol. The molecule has 0 aliphatic heterocycles. The number of benzene rings is 3. The standard InChI is InChI=1S/C33H29N5O4S/c1-20(2)19-41-27-15-14-23(16-21(27)3)30-24(18-37(35-30)25-10-6-5-7-11-25)17-29-32(40)38-33(43-29)34-31(36-38)26-12-8-9-13-28(26)42-22(4)39/h5-18,20H,19H2,1-4H3/b29-17-. The lowest BCUT2D eigenvalue weighted by atomic mass is 10.0. The fourth-order valence-corrected chi connectivity index (χ4v) is 5.53. The minimum atomic E-state index is -0.449. The lowest BCUT2D eigenvalue weighted by Crippen LogP contribution is -2.23. The number of nitrogens with zero attached hydrogens (tertiary/aromatic N) is 5. The summed E-state index contributed by atoms with van der Waals surface area (Å²) in [6.45, 7) is 8.22. The molecule has 0 radical (unpaired) electrons. The number of esters is 1. The number of carbonyl (C=O) groups excluding carboxylic acids is 1. The number of hydrogen-bond acceptors (Lipinski definition) is 8. The third-order valence-electron chi connectivity index (χ3n) is 6.63. The van der Waals surface area contributed by atoms with Crippen molar-refractivity contribution >= 4 is 28.3 Å². The summed E-state index contributed by atoms with van der Waals surface area (Å²) in [4.78, 5) is 30.1.